The van der Waals surface area contributed by atoms with Gasteiger partial charge in [-0.05, 0) is 41.5 Å². The molecule has 93 valence electrons. The van der Waals surface area contributed by atoms with E-state index in [0.29, 0.717) is 0 Å². The standard InChI is InChI=1S/C10H18NO5/c1-9(2,3)14-7(12)11-16-8(13)15-10(4,5)6/h1-6H3. The van der Waals surface area contributed by atoms with E-state index < -0.39 is 23.5 Å². The van der Waals surface area contributed by atoms with Gasteiger partial charge in [0.05, 0.1) is 0 Å². The summed E-state index contributed by atoms with van der Waals surface area (Å²) in [6.07, 6.45) is -2.02. The van der Waals surface area contributed by atoms with Crippen LogP contribution in [0, 0.1) is 0 Å². The largest absolute Gasteiger partial charge is 0.535 e. The highest BCUT2D eigenvalue weighted by Gasteiger charge is 2.22. The van der Waals surface area contributed by atoms with Gasteiger partial charge in [0.1, 0.15) is 11.2 Å². The first kappa shape index (κ1) is 14.5. The van der Waals surface area contributed by atoms with Crippen LogP contribution in [0.5, 0.6) is 0 Å². The summed E-state index contributed by atoms with van der Waals surface area (Å²) in [4.78, 5) is 26.2. The van der Waals surface area contributed by atoms with Gasteiger partial charge in [0.2, 0.25) is 0 Å². The number of ether oxygens (including phenoxy) is 2. The van der Waals surface area contributed by atoms with Crippen LogP contribution >= 0.6 is 0 Å². The lowest BCUT2D eigenvalue weighted by atomic mass is 10.2. The third-order valence-electron chi connectivity index (χ3n) is 0.978. The van der Waals surface area contributed by atoms with Crippen LogP contribution in [0.1, 0.15) is 41.5 Å². The van der Waals surface area contributed by atoms with E-state index in [4.69, 9.17) is 9.47 Å². The van der Waals surface area contributed by atoms with E-state index in [1.54, 1.807) is 41.5 Å². The van der Waals surface area contributed by atoms with Crippen LogP contribution in [0.3, 0.4) is 0 Å². The lowest BCUT2D eigenvalue weighted by Crippen LogP contribution is -2.32. The van der Waals surface area contributed by atoms with Crippen molar-refractivity contribution >= 4 is 12.2 Å². The van der Waals surface area contributed by atoms with Crippen molar-refractivity contribution in [3.63, 3.8) is 0 Å². The number of nitrogens with zero attached hydrogens (tertiary/aromatic N) is 1. The Morgan fingerprint density at radius 3 is 1.69 bits per heavy atom. The van der Waals surface area contributed by atoms with E-state index in [9.17, 15) is 9.59 Å². The van der Waals surface area contributed by atoms with Crippen LogP contribution in [-0.4, -0.2) is 23.5 Å². The summed E-state index contributed by atoms with van der Waals surface area (Å²) in [5.74, 6) is 0. The summed E-state index contributed by atoms with van der Waals surface area (Å²) < 4.78 is 9.54. The Bertz CT molecular complexity index is 233. The first-order valence-corrected chi connectivity index (χ1v) is 4.84. The van der Waals surface area contributed by atoms with Gasteiger partial charge in [-0.25, -0.2) is 9.59 Å². The molecule has 0 aliphatic heterocycles. The minimum Gasteiger partial charge on any atom is -0.440 e. The second kappa shape index (κ2) is 5.05. The van der Waals surface area contributed by atoms with Crippen LogP contribution < -0.4 is 5.48 Å². The quantitative estimate of drug-likeness (QED) is 0.473. The molecule has 0 N–H and O–H groups in total. The second-order valence-corrected chi connectivity index (χ2v) is 5.13. The van der Waals surface area contributed by atoms with Crippen LogP contribution in [-0.2, 0) is 14.3 Å². The van der Waals surface area contributed by atoms with Crippen molar-refractivity contribution in [3.05, 3.63) is 0 Å². The van der Waals surface area contributed by atoms with Crippen LogP contribution in [0.25, 0.3) is 0 Å². The average Bonchev–Trinajstić information content (AvgIpc) is 1.94. The van der Waals surface area contributed by atoms with Crippen molar-refractivity contribution in [2.45, 2.75) is 52.7 Å². The number of amides is 1. The molecule has 0 saturated heterocycles. The van der Waals surface area contributed by atoms with E-state index in [1.165, 1.54) is 0 Å². The second-order valence-electron chi connectivity index (χ2n) is 5.13. The number of hydrogen-bond acceptors (Lipinski definition) is 5. The average molecular weight is 232 g/mol. The van der Waals surface area contributed by atoms with Gasteiger partial charge in [0.15, 0.2) is 0 Å². The molecular weight excluding hydrogens is 214 g/mol. The zero-order valence-electron chi connectivity index (χ0n) is 10.5. The van der Waals surface area contributed by atoms with Crippen molar-refractivity contribution in [1.82, 2.24) is 5.48 Å². The van der Waals surface area contributed by atoms with Crippen LogP contribution in [0.4, 0.5) is 9.59 Å². The first-order chi connectivity index (χ1) is 6.99. The molecule has 6 nitrogen and oxygen atoms in total. The van der Waals surface area contributed by atoms with E-state index in [1.807, 2.05) is 0 Å². The SMILES string of the molecule is CC(C)(C)OC(=O)[N]OC(=O)OC(C)(C)C. The highest BCUT2D eigenvalue weighted by Crippen LogP contribution is 2.09. The van der Waals surface area contributed by atoms with Crippen molar-refractivity contribution in [2.24, 2.45) is 0 Å². The zero-order chi connectivity index (χ0) is 13.0. The smallest absolute Gasteiger partial charge is 0.440 e. The Morgan fingerprint density at radius 1 is 0.875 bits per heavy atom. The maximum atomic E-state index is 11.0. The molecule has 0 aliphatic rings. The summed E-state index contributed by atoms with van der Waals surface area (Å²) in [7, 11) is 0. The predicted octanol–water partition coefficient (Wildman–Crippen LogP) is 2.39. The normalized spacial score (nSPS) is 11.6. The van der Waals surface area contributed by atoms with Crippen molar-refractivity contribution in [1.29, 1.82) is 0 Å². The Kier molecular flexibility index (Phi) is 4.59. The molecular formula is C10H18NO5. The van der Waals surface area contributed by atoms with Crippen molar-refractivity contribution < 1.29 is 23.9 Å². The highest BCUT2D eigenvalue weighted by molar-refractivity contribution is 5.69. The van der Waals surface area contributed by atoms with Crippen LogP contribution in [0.15, 0.2) is 0 Å². The number of hydrogen-bond donors (Lipinski definition) is 0. The molecule has 0 aromatic rings. The summed E-state index contributed by atoms with van der Waals surface area (Å²) in [6, 6.07) is 0. The van der Waals surface area contributed by atoms with Gasteiger partial charge in [0.25, 0.3) is 0 Å². The molecule has 0 bridgehead atoms. The van der Waals surface area contributed by atoms with Gasteiger partial charge in [-0.2, -0.15) is 0 Å². The molecule has 0 heterocycles. The fourth-order valence-corrected chi connectivity index (χ4v) is 0.624. The maximum absolute atomic E-state index is 11.0. The topological polar surface area (TPSA) is 75.9 Å². The predicted molar refractivity (Wildman–Crippen MR) is 55.7 cm³/mol. The molecule has 6 heteroatoms. The lowest BCUT2D eigenvalue weighted by molar-refractivity contribution is -0.0431. The van der Waals surface area contributed by atoms with E-state index in [2.05, 4.69) is 10.3 Å². The summed E-state index contributed by atoms with van der Waals surface area (Å²) in [6.45, 7) is 10.0. The minimum absolute atomic E-state index is 0.683. The maximum Gasteiger partial charge on any atom is 0.535 e. The van der Waals surface area contributed by atoms with Crippen molar-refractivity contribution in [3.8, 4) is 0 Å². The highest BCUT2D eigenvalue weighted by atomic mass is 16.8. The summed E-state index contributed by atoms with van der Waals surface area (Å²) in [5.41, 5.74) is 1.58. The zero-order valence-corrected chi connectivity index (χ0v) is 10.5. The molecule has 0 aromatic carbocycles. The Morgan fingerprint density at radius 2 is 1.31 bits per heavy atom. The molecule has 16 heavy (non-hydrogen) atoms. The van der Waals surface area contributed by atoms with Gasteiger partial charge in [-0.15, -0.1) is 0 Å². The van der Waals surface area contributed by atoms with E-state index >= 15 is 0 Å². The first-order valence-electron chi connectivity index (χ1n) is 4.84. The number of rotatable bonds is 0. The number of carbonyl (C=O) groups is 2. The lowest BCUT2D eigenvalue weighted by Gasteiger charge is -2.19. The van der Waals surface area contributed by atoms with E-state index in [0.717, 1.165) is 0 Å². The van der Waals surface area contributed by atoms with E-state index in [-0.39, 0.29) is 0 Å². The molecule has 0 rings (SSSR count). The molecule has 0 aromatic heterocycles. The van der Waals surface area contributed by atoms with Crippen molar-refractivity contribution in [2.75, 3.05) is 0 Å². The third kappa shape index (κ3) is 9.11. The van der Waals surface area contributed by atoms with Gasteiger partial charge >= 0.3 is 12.2 Å². The Balaban J connectivity index is 3.90. The molecule has 0 saturated carbocycles. The number of hydroxylamine groups is 1. The molecule has 1 radical (unpaired) electrons. The minimum atomic E-state index is -1.04. The van der Waals surface area contributed by atoms with Crippen LogP contribution in [0.2, 0.25) is 0 Å². The van der Waals surface area contributed by atoms with Gasteiger partial charge < -0.3 is 9.47 Å². The Hall–Kier alpha value is -1.46. The molecule has 0 spiro atoms. The van der Waals surface area contributed by atoms with Gasteiger partial charge in [-0.3, -0.25) is 4.84 Å². The molecule has 0 atom stereocenters. The fraction of sp³-hybridized carbons (Fsp3) is 0.800. The number of carbonyl (C=O) groups excluding carboxylic acids is 2. The molecule has 1 amide bonds. The summed E-state index contributed by atoms with van der Waals surface area (Å²) in [5, 5.41) is 0. The van der Waals surface area contributed by atoms with Gasteiger partial charge in [-0.1, -0.05) is 0 Å². The molecule has 0 fully saturated rings. The van der Waals surface area contributed by atoms with Gasteiger partial charge in [0, 0.05) is 5.48 Å². The molecule has 0 unspecified atom stereocenters. The summed E-state index contributed by atoms with van der Waals surface area (Å²) >= 11 is 0. The monoisotopic (exact) mass is 232 g/mol. The molecule has 0 aliphatic carbocycles. The third-order valence-corrected chi connectivity index (χ3v) is 0.978. The Labute approximate surface area is 95.2 Å². The fourth-order valence-electron chi connectivity index (χ4n) is 0.624.